The number of nitrogens with zero attached hydrogens (tertiary/aromatic N) is 5. The largest absolute Gasteiger partial charge is 0.492 e. The number of fused-ring (bicyclic) bond motifs is 1. The molecule has 2 aromatic heterocycles. The molecule has 5 aliphatic rings. The molecule has 4 bridgehead atoms. The zero-order valence-electron chi connectivity index (χ0n) is 26.8. The summed E-state index contributed by atoms with van der Waals surface area (Å²) in [5, 5.41) is 14.6. The number of benzene rings is 2. The normalized spacial score (nSPS) is 25.6. The van der Waals surface area contributed by atoms with Gasteiger partial charge in [0.15, 0.2) is 11.5 Å². The summed E-state index contributed by atoms with van der Waals surface area (Å²) >= 11 is 0. The third-order valence-corrected chi connectivity index (χ3v) is 11.1. The van der Waals surface area contributed by atoms with E-state index in [1.54, 1.807) is 6.20 Å². The van der Waals surface area contributed by atoms with Crippen molar-refractivity contribution in [1.82, 2.24) is 25.4 Å². The van der Waals surface area contributed by atoms with E-state index in [9.17, 15) is 4.79 Å². The van der Waals surface area contributed by atoms with Crippen molar-refractivity contribution in [2.24, 2.45) is 23.2 Å². The average molecular weight is 617 g/mol. The van der Waals surface area contributed by atoms with Gasteiger partial charge in [-0.3, -0.25) is 14.7 Å². The molecule has 4 aliphatic carbocycles. The van der Waals surface area contributed by atoms with Crippen LogP contribution in [0.3, 0.4) is 0 Å². The van der Waals surface area contributed by atoms with Crippen LogP contribution in [0.4, 0.5) is 5.82 Å². The van der Waals surface area contributed by atoms with Crippen LogP contribution in [0.5, 0.6) is 5.75 Å². The molecule has 2 aromatic carbocycles. The molecule has 1 saturated heterocycles. The summed E-state index contributed by atoms with van der Waals surface area (Å²) in [5.41, 5.74) is 4.29. The number of pyridine rings is 1. The van der Waals surface area contributed by atoms with Crippen LogP contribution in [-0.2, 0) is 6.54 Å². The molecule has 1 amide bonds. The number of aromatic nitrogens is 3. The molecular weight excluding hydrogens is 572 g/mol. The van der Waals surface area contributed by atoms with Gasteiger partial charge in [-0.05, 0) is 109 Å². The van der Waals surface area contributed by atoms with Crippen LogP contribution in [0.2, 0.25) is 0 Å². The predicted octanol–water partition coefficient (Wildman–Crippen LogP) is 6.36. The Morgan fingerprint density at radius 2 is 1.63 bits per heavy atom. The second kappa shape index (κ2) is 12.3. The van der Waals surface area contributed by atoms with Crippen LogP contribution < -0.4 is 15.0 Å². The Labute approximate surface area is 271 Å². The van der Waals surface area contributed by atoms with E-state index in [-0.39, 0.29) is 5.91 Å². The van der Waals surface area contributed by atoms with Gasteiger partial charge in [-0.25, -0.2) is 0 Å². The Hall–Kier alpha value is -4.04. The highest BCUT2D eigenvalue weighted by Gasteiger charge is 2.50. The van der Waals surface area contributed by atoms with Crippen LogP contribution in [0.25, 0.3) is 21.9 Å². The van der Waals surface area contributed by atoms with Gasteiger partial charge in [-0.15, -0.1) is 10.2 Å². The topological polar surface area (TPSA) is 83.5 Å². The van der Waals surface area contributed by atoms with Gasteiger partial charge in [0.25, 0.3) is 5.91 Å². The lowest BCUT2D eigenvalue weighted by atomic mass is 9.49. The lowest BCUT2D eigenvalue weighted by Gasteiger charge is -2.56. The van der Waals surface area contributed by atoms with Crippen molar-refractivity contribution in [2.45, 2.75) is 52.0 Å². The summed E-state index contributed by atoms with van der Waals surface area (Å²) in [5.74, 6) is 4.20. The van der Waals surface area contributed by atoms with Crippen molar-refractivity contribution < 1.29 is 9.53 Å². The first-order valence-corrected chi connectivity index (χ1v) is 17.2. The minimum absolute atomic E-state index is 0.0869. The van der Waals surface area contributed by atoms with E-state index < -0.39 is 0 Å². The molecule has 8 heteroatoms. The lowest BCUT2D eigenvalue weighted by molar-refractivity contribution is -0.0503. The molecular formula is C38H44N6O2. The fraction of sp³-hybridized carbons (Fsp3) is 0.474. The number of amides is 1. The van der Waals surface area contributed by atoms with Crippen molar-refractivity contribution in [3.63, 3.8) is 0 Å². The summed E-state index contributed by atoms with van der Waals surface area (Å²) in [6, 6.07) is 19.0. The van der Waals surface area contributed by atoms with Crippen LogP contribution in [0.1, 0.15) is 61.5 Å². The van der Waals surface area contributed by atoms with Gasteiger partial charge < -0.3 is 15.0 Å². The molecule has 5 fully saturated rings. The maximum absolute atomic E-state index is 13.0. The lowest BCUT2D eigenvalue weighted by Crippen LogP contribution is -2.51. The molecule has 3 heterocycles. The monoisotopic (exact) mass is 616 g/mol. The van der Waals surface area contributed by atoms with Gasteiger partial charge in [-0.2, -0.15) is 0 Å². The molecule has 238 valence electrons. The van der Waals surface area contributed by atoms with E-state index in [2.05, 4.69) is 72.8 Å². The number of piperazine rings is 1. The molecule has 46 heavy (non-hydrogen) atoms. The van der Waals surface area contributed by atoms with E-state index in [1.165, 1.54) is 60.4 Å². The number of carbonyl (C=O) groups excluding carboxylic acids is 1. The van der Waals surface area contributed by atoms with Gasteiger partial charge in [0.2, 0.25) is 0 Å². The van der Waals surface area contributed by atoms with Gasteiger partial charge in [0.1, 0.15) is 5.75 Å². The summed E-state index contributed by atoms with van der Waals surface area (Å²) < 4.78 is 5.71. The van der Waals surface area contributed by atoms with Crippen LogP contribution >= 0.6 is 0 Å². The molecule has 4 saturated carbocycles. The van der Waals surface area contributed by atoms with Gasteiger partial charge in [0.05, 0.1) is 12.8 Å². The SMILES string of the molecule is CCOc1cncc(-c2ccc(CN3CCN(c4ccc(C(=O)NCC56CC7CC(CC(C7)C5)C6)nn4)CC3)c3ccccc23)c1. The number of hydrogen-bond acceptors (Lipinski definition) is 7. The molecule has 9 rings (SSSR count). The molecule has 4 aromatic rings. The Balaban J connectivity index is 0.878. The van der Waals surface area contributed by atoms with Crippen LogP contribution in [0, 0.1) is 23.2 Å². The Morgan fingerprint density at radius 1 is 0.891 bits per heavy atom. The second-order valence-corrected chi connectivity index (χ2v) is 14.3. The molecule has 1 N–H and O–H groups in total. The average Bonchev–Trinajstić information content (AvgIpc) is 3.07. The third kappa shape index (κ3) is 5.83. The van der Waals surface area contributed by atoms with Crippen LogP contribution in [0.15, 0.2) is 67.0 Å². The number of hydrogen-bond donors (Lipinski definition) is 1. The minimum atomic E-state index is -0.0869. The third-order valence-electron chi connectivity index (χ3n) is 11.1. The van der Waals surface area contributed by atoms with E-state index in [0.29, 0.717) is 17.7 Å². The summed E-state index contributed by atoms with van der Waals surface area (Å²) in [4.78, 5) is 22.2. The minimum Gasteiger partial charge on any atom is -0.492 e. The van der Waals surface area contributed by atoms with Crippen molar-refractivity contribution in [3.8, 4) is 16.9 Å². The molecule has 0 atom stereocenters. The second-order valence-electron chi connectivity index (χ2n) is 14.3. The van der Waals surface area contributed by atoms with Gasteiger partial charge in [-0.1, -0.05) is 36.4 Å². The Bertz CT molecular complexity index is 1680. The number of anilines is 1. The number of rotatable bonds is 9. The van der Waals surface area contributed by atoms with Crippen LogP contribution in [-0.4, -0.2) is 65.3 Å². The van der Waals surface area contributed by atoms with E-state index in [1.807, 2.05) is 25.3 Å². The fourth-order valence-electron chi connectivity index (χ4n) is 9.42. The Morgan fingerprint density at radius 3 is 2.33 bits per heavy atom. The maximum Gasteiger partial charge on any atom is 0.271 e. The van der Waals surface area contributed by atoms with E-state index in [0.717, 1.165) is 74.2 Å². The zero-order valence-corrected chi connectivity index (χ0v) is 26.8. The highest BCUT2D eigenvalue weighted by atomic mass is 16.5. The number of nitrogens with one attached hydrogen (secondary N) is 1. The first kappa shape index (κ1) is 29.4. The van der Waals surface area contributed by atoms with E-state index in [4.69, 9.17) is 4.74 Å². The summed E-state index contributed by atoms with van der Waals surface area (Å²) in [6.07, 6.45) is 11.8. The molecule has 0 spiro atoms. The number of carbonyl (C=O) groups is 1. The van der Waals surface area contributed by atoms with Crippen molar-refractivity contribution in [3.05, 3.63) is 78.2 Å². The first-order valence-electron chi connectivity index (χ1n) is 17.2. The summed E-state index contributed by atoms with van der Waals surface area (Å²) in [6.45, 7) is 7.91. The fourth-order valence-corrected chi connectivity index (χ4v) is 9.42. The predicted molar refractivity (Wildman–Crippen MR) is 181 cm³/mol. The molecule has 8 nitrogen and oxygen atoms in total. The van der Waals surface area contributed by atoms with Crippen molar-refractivity contribution >= 4 is 22.5 Å². The highest BCUT2D eigenvalue weighted by molar-refractivity contribution is 5.98. The Kier molecular flexibility index (Phi) is 7.84. The first-order chi connectivity index (χ1) is 22.5. The zero-order chi connectivity index (χ0) is 31.1. The number of ether oxygens (including phenoxy) is 1. The smallest absolute Gasteiger partial charge is 0.271 e. The highest BCUT2D eigenvalue weighted by Crippen LogP contribution is 2.59. The van der Waals surface area contributed by atoms with Crippen molar-refractivity contribution in [2.75, 3.05) is 44.2 Å². The maximum atomic E-state index is 13.0. The molecule has 1 aliphatic heterocycles. The van der Waals surface area contributed by atoms with Gasteiger partial charge >= 0.3 is 0 Å². The summed E-state index contributed by atoms with van der Waals surface area (Å²) in [7, 11) is 0. The molecule has 0 unspecified atom stereocenters. The standard InChI is InChI=1S/C38H44N6O2/c1-2-46-31-18-30(22-39-23-31)33-8-7-29(32-5-3-4-6-34(32)33)24-43-11-13-44(14-12-43)36-10-9-35(41-42-36)37(45)40-25-38-19-26-15-27(20-38)17-28(16-26)21-38/h3-10,18,22-23,26-28H,2,11-17,19-21,24-25H2,1H3,(H,40,45). The van der Waals surface area contributed by atoms with Gasteiger partial charge in [0, 0.05) is 51.0 Å². The molecule has 0 radical (unpaired) electrons. The quantitative estimate of drug-likeness (QED) is 0.234. The van der Waals surface area contributed by atoms with Crippen molar-refractivity contribution in [1.29, 1.82) is 0 Å². The van der Waals surface area contributed by atoms with E-state index >= 15 is 0 Å².